The third-order valence-electron chi connectivity index (χ3n) is 13.9. The number of hydrogen-bond acceptors (Lipinski definition) is 6. The van der Waals surface area contributed by atoms with Gasteiger partial charge in [0, 0.05) is 55.7 Å². The number of para-hydroxylation sites is 5. The zero-order valence-electron chi connectivity index (χ0n) is 38.8. The first-order valence-electron chi connectivity index (χ1n) is 23.1. The van der Waals surface area contributed by atoms with Crippen molar-refractivity contribution in [2.24, 2.45) is 0 Å². The Morgan fingerprint density at radius 3 is 1.94 bits per heavy atom. The van der Waals surface area contributed by atoms with E-state index in [4.69, 9.17) is 9.72 Å². The molecular weight excluding hydrogens is 827 g/mol. The zero-order valence-corrected chi connectivity index (χ0v) is 39.7. The van der Waals surface area contributed by atoms with E-state index in [1.54, 1.807) is 0 Å². The van der Waals surface area contributed by atoms with E-state index < -0.39 is 0 Å². The molecule has 0 radical (unpaired) electrons. The van der Waals surface area contributed by atoms with Crippen LogP contribution in [0.25, 0.3) is 27.6 Å². The van der Waals surface area contributed by atoms with Crippen molar-refractivity contribution in [3.8, 4) is 17.3 Å². The van der Waals surface area contributed by atoms with Crippen molar-refractivity contribution in [3.05, 3.63) is 186 Å². The smallest absolute Gasteiger partial charge is 0.137 e. The topological polar surface area (TPSA) is 36.8 Å². The number of aromatic nitrogens is 2. The van der Waals surface area contributed by atoms with E-state index in [9.17, 15) is 0 Å². The molecule has 0 saturated carbocycles. The largest absolute Gasteiger partial charge is 0.457 e. The quantitative estimate of drug-likeness (QED) is 0.171. The fraction of sp³-hybridized carbons (Fsp3) is 0.203. The molecule has 0 unspecified atom stereocenters. The number of hydrogen-bond donors (Lipinski definition) is 0. The molecule has 66 heavy (non-hydrogen) atoms. The minimum absolute atomic E-state index is 0.0123. The lowest BCUT2D eigenvalue weighted by molar-refractivity contribution is 0.479. The summed E-state index contributed by atoms with van der Waals surface area (Å²) < 4.78 is 9.28. The number of ether oxygens (including phenoxy) is 1. The van der Waals surface area contributed by atoms with E-state index in [-0.39, 0.29) is 16.2 Å². The fourth-order valence-electron chi connectivity index (χ4n) is 10.4. The van der Waals surface area contributed by atoms with Gasteiger partial charge in [-0.25, -0.2) is 4.98 Å². The molecule has 0 amide bonds. The molecule has 0 N–H and O–H groups in total. The fourth-order valence-corrected chi connectivity index (χ4v) is 11.5. The van der Waals surface area contributed by atoms with Gasteiger partial charge in [0.15, 0.2) is 0 Å². The predicted molar refractivity (Wildman–Crippen MR) is 275 cm³/mol. The Kier molecular flexibility index (Phi) is 8.92. The van der Waals surface area contributed by atoms with E-state index in [0.717, 1.165) is 39.4 Å². The summed E-state index contributed by atoms with van der Waals surface area (Å²) in [5.41, 5.74) is 15.4. The van der Waals surface area contributed by atoms with Crippen molar-refractivity contribution in [2.75, 3.05) is 21.4 Å². The van der Waals surface area contributed by atoms with Gasteiger partial charge >= 0.3 is 0 Å². The number of pyridine rings is 1. The molecule has 0 aliphatic carbocycles. The lowest BCUT2D eigenvalue weighted by Gasteiger charge is -2.45. The summed E-state index contributed by atoms with van der Waals surface area (Å²) >= 11 is 1.88. The third kappa shape index (κ3) is 6.34. The lowest BCUT2D eigenvalue weighted by atomic mass is 9.73. The normalized spacial score (nSPS) is 14.9. The van der Waals surface area contributed by atoms with Crippen LogP contribution in [-0.4, -0.2) is 16.2 Å². The molecule has 12 rings (SSSR count). The van der Waals surface area contributed by atoms with Crippen molar-refractivity contribution < 1.29 is 4.74 Å². The van der Waals surface area contributed by atoms with E-state index in [1.165, 1.54) is 71.6 Å². The van der Waals surface area contributed by atoms with Crippen LogP contribution in [0.2, 0.25) is 0 Å². The van der Waals surface area contributed by atoms with Crippen LogP contribution in [0.1, 0.15) is 77.6 Å². The zero-order chi connectivity index (χ0) is 45.3. The SMILES string of the molecule is CC(C)(C)c1cc(Oc2ccc3c4ccccc4n(-c4cc(C(C)(C)C)ccn4)c3c2)cc(N2CN(c3cc4c5c(c3)C(C)(C)c3ccccc3N5c3ccccc3S4)c3ccccc32)c1. The van der Waals surface area contributed by atoms with Gasteiger partial charge in [0.2, 0.25) is 0 Å². The van der Waals surface area contributed by atoms with Gasteiger partial charge in [0.25, 0.3) is 0 Å². The first kappa shape index (κ1) is 40.5. The summed E-state index contributed by atoms with van der Waals surface area (Å²) in [7, 11) is 0. The molecule has 0 atom stereocenters. The summed E-state index contributed by atoms with van der Waals surface area (Å²) in [4.78, 5) is 14.9. The molecule has 7 heteroatoms. The Bertz CT molecular complexity index is 3440. The van der Waals surface area contributed by atoms with Gasteiger partial charge < -0.3 is 19.4 Å². The monoisotopic (exact) mass is 879 g/mol. The molecular formula is C59H53N5OS. The Balaban J connectivity index is 0.950. The highest BCUT2D eigenvalue weighted by Gasteiger charge is 2.42. The number of fused-ring (bicyclic) bond motifs is 8. The Morgan fingerprint density at radius 2 is 1.18 bits per heavy atom. The summed E-state index contributed by atoms with van der Waals surface area (Å²) in [6.07, 6.45) is 1.93. The van der Waals surface area contributed by atoms with Crippen molar-refractivity contribution in [1.82, 2.24) is 9.55 Å². The second kappa shape index (κ2) is 14.5. The molecule has 326 valence electrons. The Hall–Kier alpha value is -6.96. The number of rotatable bonds is 5. The van der Waals surface area contributed by atoms with E-state index in [2.05, 4.69) is 232 Å². The van der Waals surface area contributed by atoms with Crippen molar-refractivity contribution in [2.45, 2.75) is 81.4 Å². The highest BCUT2D eigenvalue weighted by Crippen LogP contribution is 2.61. The molecule has 9 aromatic rings. The van der Waals surface area contributed by atoms with Crippen LogP contribution in [0.15, 0.2) is 174 Å². The molecule has 6 nitrogen and oxygen atoms in total. The van der Waals surface area contributed by atoms with Gasteiger partial charge in [0.1, 0.15) is 24.0 Å². The van der Waals surface area contributed by atoms with Gasteiger partial charge in [-0.2, -0.15) is 0 Å². The Labute approximate surface area is 392 Å². The average Bonchev–Trinajstić information content (AvgIpc) is 3.86. The van der Waals surface area contributed by atoms with E-state index in [1.807, 2.05) is 18.0 Å². The average molecular weight is 880 g/mol. The third-order valence-corrected chi connectivity index (χ3v) is 15.0. The summed E-state index contributed by atoms with van der Waals surface area (Å²) in [5.74, 6) is 2.48. The molecule has 2 aromatic heterocycles. The van der Waals surface area contributed by atoms with Crippen LogP contribution >= 0.6 is 11.8 Å². The highest BCUT2D eigenvalue weighted by atomic mass is 32.2. The van der Waals surface area contributed by atoms with E-state index >= 15 is 0 Å². The second-order valence-electron chi connectivity index (χ2n) is 20.6. The molecule has 7 aromatic carbocycles. The van der Waals surface area contributed by atoms with Crippen LogP contribution in [0.5, 0.6) is 11.5 Å². The minimum Gasteiger partial charge on any atom is -0.457 e. The maximum absolute atomic E-state index is 6.99. The van der Waals surface area contributed by atoms with Crippen LogP contribution < -0.4 is 19.4 Å². The van der Waals surface area contributed by atoms with Gasteiger partial charge in [-0.05, 0) is 118 Å². The first-order chi connectivity index (χ1) is 31.7. The maximum Gasteiger partial charge on any atom is 0.137 e. The van der Waals surface area contributed by atoms with Crippen LogP contribution in [0, 0.1) is 0 Å². The van der Waals surface area contributed by atoms with E-state index in [0.29, 0.717) is 6.67 Å². The summed E-state index contributed by atoms with van der Waals surface area (Å²) in [5, 5.41) is 2.35. The second-order valence-corrected chi connectivity index (χ2v) is 21.7. The molecule has 3 aliphatic rings. The Morgan fingerprint density at radius 1 is 0.530 bits per heavy atom. The predicted octanol–water partition coefficient (Wildman–Crippen LogP) is 16.4. The van der Waals surface area contributed by atoms with Crippen molar-refractivity contribution in [1.29, 1.82) is 0 Å². The summed E-state index contributed by atoms with van der Waals surface area (Å²) in [6.45, 7) is 19.0. The molecule has 0 saturated heterocycles. The minimum atomic E-state index is -0.212. The van der Waals surface area contributed by atoms with Crippen molar-refractivity contribution >= 4 is 73.4 Å². The lowest BCUT2D eigenvalue weighted by Crippen LogP contribution is -2.33. The number of benzene rings is 7. The van der Waals surface area contributed by atoms with Crippen LogP contribution in [0.4, 0.5) is 39.8 Å². The highest BCUT2D eigenvalue weighted by molar-refractivity contribution is 7.99. The van der Waals surface area contributed by atoms with Crippen LogP contribution in [-0.2, 0) is 16.2 Å². The molecule has 0 spiro atoms. The number of nitrogens with zero attached hydrogens (tertiary/aromatic N) is 5. The molecule has 3 aliphatic heterocycles. The molecule has 5 heterocycles. The number of anilines is 7. The summed E-state index contributed by atoms with van der Waals surface area (Å²) in [6, 6.07) is 57.7. The van der Waals surface area contributed by atoms with Gasteiger partial charge in [-0.15, -0.1) is 0 Å². The van der Waals surface area contributed by atoms with Crippen LogP contribution in [0.3, 0.4) is 0 Å². The first-order valence-corrected chi connectivity index (χ1v) is 23.9. The van der Waals surface area contributed by atoms with Gasteiger partial charge in [-0.1, -0.05) is 128 Å². The standard InChI is InChI=1S/C59H53N5OS/c1-57(2,3)37-27-28-60-55(31-37)63-47-19-11-9-17-43(47)44-26-25-41(35-52(44)63)65-42-30-38(58(4,5)6)29-39(32-42)61-36-62(50-22-14-13-21-49(50)61)40-33-46-56-54(34-40)66-53-24-16-15-23-51(53)64(56)48-20-12-10-18-45(48)59(46,7)8/h9-35H,36H2,1-8H3. The van der Waals surface area contributed by atoms with Crippen molar-refractivity contribution in [3.63, 3.8) is 0 Å². The van der Waals surface area contributed by atoms with Gasteiger partial charge in [0.05, 0.1) is 39.5 Å². The molecule has 0 fully saturated rings. The molecule has 0 bridgehead atoms. The van der Waals surface area contributed by atoms with Gasteiger partial charge in [-0.3, -0.25) is 4.57 Å². The maximum atomic E-state index is 6.99.